The Kier molecular flexibility index (Phi) is 25.0. The summed E-state index contributed by atoms with van der Waals surface area (Å²) in [5, 5.41) is 0. The van der Waals surface area contributed by atoms with Gasteiger partial charge in [0.05, 0.1) is 5.60 Å². The molecular weight excluding hydrogens is 508 g/mol. The molecule has 0 spiro atoms. The van der Waals surface area contributed by atoms with Gasteiger partial charge in [0.25, 0.3) is 0 Å². The SMILES string of the molecule is COC(C)(C)C/C=C/[C@H](C)CCC[C@@H](C)C/C=C/[C@H](C)C/C=C/C[C@H](C)CCC[C@H](C)CCC[C@H](C)CCCC(C)C. The van der Waals surface area contributed by atoms with Crippen LogP contribution in [0.4, 0.5) is 0 Å². The van der Waals surface area contributed by atoms with Crippen LogP contribution in [0.25, 0.3) is 0 Å². The quantitative estimate of drug-likeness (QED) is 0.0870. The Bertz CT molecular complexity index is 683. The summed E-state index contributed by atoms with van der Waals surface area (Å²) in [6, 6.07) is 0. The fraction of sp³-hybridized carbons (Fsp3) is 0.854. The van der Waals surface area contributed by atoms with E-state index < -0.39 is 0 Å². The van der Waals surface area contributed by atoms with Crippen LogP contribution in [-0.2, 0) is 4.74 Å². The molecule has 6 atom stereocenters. The molecule has 0 rings (SSSR count). The topological polar surface area (TPSA) is 9.23 Å². The predicted octanol–water partition coefficient (Wildman–Crippen LogP) is 13.8. The van der Waals surface area contributed by atoms with Crippen molar-refractivity contribution in [3.63, 3.8) is 0 Å². The lowest BCUT2D eigenvalue weighted by molar-refractivity contribution is 0.0254. The van der Waals surface area contributed by atoms with Crippen molar-refractivity contribution in [2.75, 3.05) is 7.11 Å². The smallest absolute Gasteiger partial charge is 0.0657 e. The van der Waals surface area contributed by atoms with Crippen LogP contribution in [0.3, 0.4) is 0 Å². The van der Waals surface area contributed by atoms with Crippen LogP contribution in [0.1, 0.15) is 172 Å². The number of methoxy groups -OCH3 is 1. The maximum atomic E-state index is 5.51. The maximum absolute atomic E-state index is 5.51. The summed E-state index contributed by atoms with van der Waals surface area (Å²) >= 11 is 0. The molecule has 0 aromatic rings. The van der Waals surface area contributed by atoms with Crippen molar-refractivity contribution in [2.24, 2.45) is 41.4 Å². The van der Waals surface area contributed by atoms with Crippen LogP contribution in [0.5, 0.6) is 0 Å². The number of hydrogen-bond donors (Lipinski definition) is 0. The monoisotopic (exact) mass is 587 g/mol. The standard InChI is InChI=1S/C41H78O/c1-34(2)20-14-23-37(5)26-17-29-38(6)27-15-24-35(3)21-12-13-22-36(4)25-16-28-39(7)30-18-31-40(8)32-19-33-41(9,10)42-11/h12-13,16,19,25,32,34-40H,14-15,17-18,20-24,26-31,33H2,1-11H3/b13-12+,25-16+,32-19+/t35-,36+,37+,38-,39-,40+/m0/s1. The van der Waals surface area contributed by atoms with Crippen LogP contribution in [0, 0.1) is 41.4 Å². The molecule has 0 unspecified atom stereocenters. The van der Waals surface area contributed by atoms with E-state index in [0.29, 0.717) is 11.8 Å². The third kappa shape index (κ3) is 26.8. The van der Waals surface area contributed by atoms with Crippen molar-refractivity contribution in [3.8, 4) is 0 Å². The van der Waals surface area contributed by atoms with Gasteiger partial charge in [-0.1, -0.05) is 162 Å². The molecule has 42 heavy (non-hydrogen) atoms. The summed E-state index contributed by atoms with van der Waals surface area (Å²) in [4.78, 5) is 0. The molecule has 0 fully saturated rings. The average Bonchev–Trinajstić information content (AvgIpc) is 2.91. The first-order valence-electron chi connectivity index (χ1n) is 18.4. The van der Waals surface area contributed by atoms with Crippen molar-refractivity contribution in [2.45, 2.75) is 178 Å². The average molecular weight is 587 g/mol. The van der Waals surface area contributed by atoms with E-state index in [4.69, 9.17) is 4.74 Å². The molecule has 0 heterocycles. The highest BCUT2D eigenvalue weighted by molar-refractivity contribution is 4.94. The molecule has 248 valence electrons. The minimum atomic E-state index is -0.0497. The van der Waals surface area contributed by atoms with Crippen molar-refractivity contribution in [3.05, 3.63) is 36.5 Å². The predicted molar refractivity (Wildman–Crippen MR) is 192 cm³/mol. The summed E-state index contributed by atoms with van der Waals surface area (Å²) in [7, 11) is 1.80. The molecular formula is C41H78O. The molecule has 0 aliphatic heterocycles. The van der Waals surface area contributed by atoms with Crippen molar-refractivity contribution >= 4 is 0 Å². The van der Waals surface area contributed by atoms with Crippen molar-refractivity contribution in [1.82, 2.24) is 0 Å². The van der Waals surface area contributed by atoms with Gasteiger partial charge in [-0.05, 0) is 87.4 Å². The number of allylic oxidation sites excluding steroid dienone is 5. The summed E-state index contributed by atoms with van der Waals surface area (Å²) < 4.78 is 5.51. The number of ether oxygens (including phenoxy) is 1. The Labute approximate surface area is 266 Å². The molecule has 1 heteroatoms. The first-order valence-corrected chi connectivity index (χ1v) is 18.4. The third-order valence-corrected chi connectivity index (χ3v) is 9.47. The van der Waals surface area contributed by atoms with Crippen LogP contribution < -0.4 is 0 Å². The van der Waals surface area contributed by atoms with E-state index in [1.165, 1.54) is 96.3 Å². The van der Waals surface area contributed by atoms with Gasteiger partial charge in [-0.3, -0.25) is 0 Å². The van der Waals surface area contributed by atoms with Crippen LogP contribution >= 0.6 is 0 Å². The molecule has 0 saturated carbocycles. The highest BCUT2D eigenvalue weighted by atomic mass is 16.5. The highest BCUT2D eigenvalue weighted by Gasteiger charge is 2.13. The van der Waals surface area contributed by atoms with E-state index in [9.17, 15) is 0 Å². The summed E-state index contributed by atoms with van der Waals surface area (Å²) in [6.45, 7) is 23.5. The molecule has 0 aromatic heterocycles. The van der Waals surface area contributed by atoms with Gasteiger partial charge >= 0.3 is 0 Å². The number of hydrogen-bond acceptors (Lipinski definition) is 1. The molecule has 0 saturated heterocycles. The highest BCUT2D eigenvalue weighted by Crippen LogP contribution is 2.23. The van der Waals surface area contributed by atoms with Gasteiger partial charge in [-0.15, -0.1) is 0 Å². The zero-order valence-electron chi connectivity index (χ0n) is 30.7. The fourth-order valence-corrected chi connectivity index (χ4v) is 5.84. The zero-order valence-corrected chi connectivity index (χ0v) is 30.7. The first kappa shape index (κ1) is 41.2. The second-order valence-electron chi connectivity index (χ2n) is 15.7. The zero-order chi connectivity index (χ0) is 31.8. The van der Waals surface area contributed by atoms with E-state index in [1.54, 1.807) is 7.11 Å². The molecule has 1 nitrogen and oxygen atoms in total. The fourth-order valence-electron chi connectivity index (χ4n) is 5.84. The van der Waals surface area contributed by atoms with Gasteiger partial charge in [0.2, 0.25) is 0 Å². The van der Waals surface area contributed by atoms with Crippen LogP contribution in [0.15, 0.2) is 36.5 Å². The first-order chi connectivity index (χ1) is 19.8. The lowest BCUT2D eigenvalue weighted by Gasteiger charge is -2.20. The Morgan fingerprint density at radius 2 is 0.905 bits per heavy atom. The van der Waals surface area contributed by atoms with Gasteiger partial charge in [0.1, 0.15) is 0 Å². The van der Waals surface area contributed by atoms with Gasteiger partial charge in [0.15, 0.2) is 0 Å². The summed E-state index contributed by atoms with van der Waals surface area (Å²) in [6.07, 6.45) is 35.8. The molecule has 0 N–H and O–H groups in total. The largest absolute Gasteiger partial charge is 0.378 e. The Morgan fingerprint density at radius 1 is 0.476 bits per heavy atom. The normalized spacial score (nSPS) is 17.4. The molecule has 0 aliphatic carbocycles. The van der Waals surface area contributed by atoms with Crippen molar-refractivity contribution < 1.29 is 4.74 Å². The van der Waals surface area contributed by atoms with E-state index in [1.807, 2.05) is 0 Å². The summed E-state index contributed by atoms with van der Waals surface area (Å²) in [5.41, 5.74) is -0.0497. The van der Waals surface area contributed by atoms with Crippen molar-refractivity contribution in [1.29, 1.82) is 0 Å². The van der Waals surface area contributed by atoms with Gasteiger partial charge < -0.3 is 4.74 Å². The molecule has 0 aromatic carbocycles. The lowest BCUT2D eigenvalue weighted by Crippen LogP contribution is -2.20. The Morgan fingerprint density at radius 3 is 1.43 bits per heavy atom. The Balaban J connectivity index is 3.89. The molecule has 0 radical (unpaired) electrons. The maximum Gasteiger partial charge on any atom is 0.0657 e. The van der Waals surface area contributed by atoms with Gasteiger partial charge in [-0.25, -0.2) is 0 Å². The lowest BCUT2D eigenvalue weighted by atomic mass is 9.90. The number of rotatable bonds is 27. The van der Waals surface area contributed by atoms with E-state index in [-0.39, 0.29) is 5.60 Å². The van der Waals surface area contributed by atoms with Gasteiger partial charge in [0, 0.05) is 7.11 Å². The molecule has 0 bridgehead atoms. The Hall–Kier alpha value is -0.820. The third-order valence-electron chi connectivity index (χ3n) is 9.47. The van der Waals surface area contributed by atoms with E-state index in [0.717, 1.165) is 36.0 Å². The summed E-state index contributed by atoms with van der Waals surface area (Å²) in [5.74, 6) is 5.58. The molecule has 0 amide bonds. The minimum Gasteiger partial charge on any atom is -0.378 e. The second kappa shape index (κ2) is 25.5. The van der Waals surface area contributed by atoms with Crippen LogP contribution in [0.2, 0.25) is 0 Å². The molecule has 0 aliphatic rings. The van der Waals surface area contributed by atoms with Gasteiger partial charge in [-0.2, -0.15) is 0 Å². The van der Waals surface area contributed by atoms with E-state index in [2.05, 4.69) is 106 Å². The van der Waals surface area contributed by atoms with Crippen LogP contribution in [-0.4, -0.2) is 12.7 Å². The van der Waals surface area contributed by atoms with E-state index >= 15 is 0 Å². The second-order valence-corrected chi connectivity index (χ2v) is 15.7. The minimum absolute atomic E-state index is 0.0497.